The average Bonchev–Trinajstić information content (AvgIpc) is 3.03. The molecule has 0 spiro atoms. The smallest absolute Gasteiger partial charge is 0.287 e. The number of para-hydroxylation sites is 1. The van der Waals surface area contributed by atoms with Crippen LogP contribution in [0.15, 0.2) is 71.7 Å². The molecule has 6 heteroatoms. The van der Waals surface area contributed by atoms with E-state index in [4.69, 9.17) is 4.42 Å². The van der Waals surface area contributed by atoms with Crippen LogP contribution < -0.4 is 9.88 Å². The Balaban J connectivity index is 0.00000176. The van der Waals surface area contributed by atoms with Crippen molar-refractivity contribution in [2.75, 3.05) is 5.32 Å². The Labute approximate surface area is 138 Å². The number of nitrogens with one attached hydrogen (secondary N) is 1. The first-order valence-electron chi connectivity index (χ1n) is 6.55. The lowest BCUT2D eigenvalue weighted by atomic mass is 10.3. The highest BCUT2D eigenvalue weighted by atomic mass is 79.9. The van der Waals surface area contributed by atoms with Crippen LogP contribution in [0.5, 0.6) is 0 Å². The molecule has 1 aromatic carbocycles. The topological polar surface area (TPSA) is 59.0 Å². The first-order valence-corrected chi connectivity index (χ1v) is 6.55. The third-order valence-corrected chi connectivity index (χ3v) is 2.93. The Morgan fingerprint density at radius 2 is 1.95 bits per heavy atom. The molecular weight excluding hydrogens is 346 g/mol. The van der Waals surface area contributed by atoms with Crippen molar-refractivity contribution in [3.8, 4) is 11.5 Å². The molecule has 0 saturated carbocycles. The maximum atomic E-state index is 11.9. The van der Waals surface area contributed by atoms with Crippen LogP contribution in [0.25, 0.3) is 11.5 Å². The van der Waals surface area contributed by atoms with Gasteiger partial charge in [0, 0.05) is 11.8 Å². The zero-order chi connectivity index (χ0) is 14.5. The van der Waals surface area contributed by atoms with Crippen LogP contribution in [0, 0.1) is 0 Å². The molecule has 0 fully saturated rings. The number of amides is 1. The predicted octanol–water partition coefficient (Wildman–Crippen LogP) is 2.85. The Morgan fingerprint density at radius 3 is 2.59 bits per heavy atom. The molecule has 0 radical (unpaired) electrons. The molecule has 2 aromatic heterocycles. The van der Waals surface area contributed by atoms with Crippen molar-refractivity contribution in [2.24, 2.45) is 0 Å². The van der Waals surface area contributed by atoms with E-state index in [9.17, 15) is 4.79 Å². The molecule has 0 atom stereocenters. The van der Waals surface area contributed by atoms with E-state index in [0.29, 0.717) is 5.76 Å². The number of hydrogen-bond acceptors (Lipinski definition) is 3. The maximum absolute atomic E-state index is 11.9. The van der Waals surface area contributed by atoms with Gasteiger partial charge in [-0.15, -0.1) is 17.0 Å². The number of halogens is 1. The molecule has 0 unspecified atom stereocenters. The molecule has 5 nitrogen and oxygen atoms in total. The maximum Gasteiger partial charge on any atom is 0.287 e. The van der Waals surface area contributed by atoms with Crippen molar-refractivity contribution >= 4 is 28.6 Å². The van der Waals surface area contributed by atoms with Crippen LogP contribution in [0.4, 0.5) is 5.69 Å². The lowest BCUT2D eigenvalue weighted by Gasteiger charge is -2.03. The second kappa shape index (κ2) is 7.51. The first kappa shape index (κ1) is 15.9. The third kappa shape index (κ3) is 4.02. The van der Waals surface area contributed by atoms with Gasteiger partial charge in [-0.05, 0) is 29.2 Å². The number of rotatable bonds is 4. The van der Waals surface area contributed by atoms with Crippen molar-refractivity contribution in [2.45, 2.75) is 6.54 Å². The molecule has 2 heterocycles. The van der Waals surface area contributed by atoms with E-state index in [0.717, 1.165) is 11.4 Å². The largest absolute Gasteiger partial charge is 0.460 e. The van der Waals surface area contributed by atoms with Crippen molar-refractivity contribution < 1.29 is 13.8 Å². The minimum atomic E-state index is -0.0984. The van der Waals surface area contributed by atoms with Gasteiger partial charge in [-0.2, -0.15) is 0 Å². The molecular formula is C16H15BrN3O2+. The highest BCUT2D eigenvalue weighted by Crippen LogP contribution is 2.14. The lowest BCUT2D eigenvalue weighted by Crippen LogP contribution is -2.40. The van der Waals surface area contributed by atoms with Gasteiger partial charge in [0.2, 0.25) is 5.69 Å². The number of carbonyl (C=O) groups is 1. The highest BCUT2D eigenvalue weighted by molar-refractivity contribution is 8.93. The van der Waals surface area contributed by atoms with Crippen LogP contribution in [-0.2, 0) is 11.3 Å². The predicted molar refractivity (Wildman–Crippen MR) is 87.5 cm³/mol. The monoisotopic (exact) mass is 360 g/mol. The van der Waals surface area contributed by atoms with Gasteiger partial charge in [-0.3, -0.25) is 4.79 Å². The van der Waals surface area contributed by atoms with Crippen LogP contribution in [0.1, 0.15) is 0 Å². The molecule has 0 saturated heterocycles. The fourth-order valence-electron chi connectivity index (χ4n) is 1.94. The summed E-state index contributed by atoms with van der Waals surface area (Å²) in [6, 6.07) is 14.8. The van der Waals surface area contributed by atoms with E-state index < -0.39 is 0 Å². The van der Waals surface area contributed by atoms with Crippen LogP contribution in [-0.4, -0.2) is 10.9 Å². The lowest BCUT2D eigenvalue weighted by molar-refractivity contribution is -0.686. The number of anilines is 1. The molecule has 1 amide bonds. The first-order chi connectivity index (χ1) is 10.3. The van der Waals surface area contributed by atoms with Crippen LogP contribution in [0.3, 0.4) is 0 Å². The molecule has 0 aliphatic carbocycles. The third-order valence-electron chi connectivity index (χ3n) is 2.93. The second-order valence-electron chi connectivity index (χ2n) is 4.51. The standard InChI is InChI=1S/C16H13N3O2.BrH/c20-16(18-13-5-2-1-3-6-13)11-19-9-8-14(17-12-19)15-7-4-10-21-15;/h1-10,12H,11H2;1H/p+1. The van der Waals surface area contributed by atoms with Gasteiger partial charge >= 0.3 is 0 Å². The summed E-state index contributed by atoms with van der Waals surface area (Å²) < 4.78 is 6.98. The van der Waals surface area contributed by atoms with Gasteiger partial charge in [-0.25, -0.2) is 4.57 Å². The molecule has 0 aliphatic heterocycles. The van der Waals surface area contributed by atoms with Crippen LogP contribution in [0.2, 0.25) is 0 Å². The second-order valence-corrected chi connectivity index (χ2v) is 4.51. The van der Waals surface area contributed by atoms with Gasteiger partial charge in [0.25, 0.3) is 12.2 Å². The minimum Gasteiger partial charge on any atom is -0.460 e. The number of carbonyl (C=O) groups excluding carboxylic acids is 1. The number of benzene rings is 1. The summed E-state index contributed by atoms with van der Waals surface area (Å²) in [6.45, 7) is 0.209. The number of aromatic nitrogens is 2. The zero-order valence-electron chi connectivity index (χ0n) is 11.7. The van der Waals surface area contributed by atoms with Gasteiger partial charge in [0.1, 0.15) is 0 Å². The van der Waals surface area contributed by atoms with E-state index in [-0.39, 0.29) is 29.4 Å². The van der Waals surface area contributed by atoms with E-state index in [1.54, 1.807) is 23.4 Å². The van der Waals surface area contributed by atoms with Crippen molar-refractivity contribution in [1.29, 1.82) is 0 Å². The molecule has 3 aromatic rings. The van der Waals surface area contributed by atoms with Crippen molar-refractivity contribution in [3.05, 3.63) is 67.3 Å². The Kier molecular flexibility index (Phi) is 5.43. The summed E-state index contributed by atoms with van der Waals surface area (Å²) in [4.78, 5) is 16.2. The summed E-state index contributed by atoms with van der Waals surface area (Å²) in [5.41, 5.74) is 1.52. The average molecular weight is 361 g/mol. The van der Waals surface area contributed by atoms with Gasteiger partial charge in [0.15, 0.2) is 12.3 Å². The van der Waals surface area contributed by atoms with Gasteiger partial charge in [0.05, 0.1) is 12.5 Å². The van der Waals surface area contributed by atoms with Gasteiger partial charge < -0.3 is 9.73 Å². The normalized spacial score (nSPS) is 9.82. The fraction of sp³-hybridized carbons (Fsp3) is 0.0625. The van der Waals surface area contributed by atoms with E-state index >= 15 is 0 Å². The number of nitrogens with zero attached hydrogens (tertiary/aromatic N) is 2. The fourth-order valence-corrected chi connectivity index (χ4v) is 1.94. The van der Waals surface area contributed by atoms with E-state index in [1.165, 1.54) is 0 Å². The zero-order valence-corrected chi connectivity index (χ0v) is 13.4. The summed E-state index contributed by atoms with van der Waals surface area (Å²) >= 11 is 0. The van der Waals surface area contributed by atoms with E-state index in [1.807, 2.05) is 48.5 Å². The molecule has 0 bridgehead atoms. The summed E-state index contributed by atoms with van der Waals surface area (Å²) in [7, 11) is 0. The molecule has 1 N–H and O–H groups in total. The Morgan fingerprint density at radius 1 is 1.14 bits per heavy atom. The van der Waals surface area contributed by atoms with Crippen molar-refractivity contribution in [3.63, 3.8) is 0 Å². The summed E-state index contributed by atoms with van der Waals surface area (Å²) in [5.74, 6) is 0.606. The molecule has 22 heavy (non-hydrogen) atoms. The quantitative estimate of drug-likeness (QED) is 0.727. The van der Waals surface area contributed by atoms with E-state index in [2.05, 4.69) is 10.3 Å². The Hall–Kier alpha value is -2.47. The SMILES string of the molecule is Br.O=C(C[n+]1ccc(-c2ccco2)nc1)Nc1ccccc1. The van der Waals surface area contributed by atoms with Crippen LogP contribution >= 0.6 is 17.0 Å². The number of hydrogen-bond donors (Lipinski definition) is 1. The highest BCUT2D eigenvalue weighted by Gasteiger charge is 2.11. The minimum absolute atomic E-state index is 0. The molecule has 3 rings (SSSR count). The summed E-state index contributed by atoms with van der Waals surface area (Å²) in [6.07, 6.45) is 5.02. The number of furan rings is 1. The summed E-state index contributed by atoms with van der Waals surface area (Å²) in [5, 5.41) is 2.83. The molecule has 112 valence electrons. The molecule has 0 aliphatic rings. The Bertz CT molecular complexity index is 713. The van der Waals surface area contributed by atoms with Gasteiger partial charge in [-0.1, -0.05) is 18.2 Å². The van der Waals surface area contributed by atoms with Crippen molar-refractivity contribution in [1.82, 2.24) is 4.98 Å².